The van der Waals surface area contributed by atoms with Crippen LogP contribution in [0.2, 0.25) is 0 Å². The molecule has 0 aromatic carbocycles. The van der Waals surface area contributed by atoms with Crippen molar-refractivity contribution in [2.75, 3.05) is 6.54 Å². The van der Waals surface area contributed by atoms with Crippen LogP contribution in [0.15, 0.2) is 10.2 Å². The van der Waals surface area contributed by atoms with Crippen molar-refractivity contribution in [3.05, 3.63) is 0 Å². The fourth-order valence-corrected chi connectivity index (χ4v) is 0.978. The third-order valence-electron chi connectivity index (χ3n) is 1.62. The summed E-state index contributed by atoms with van der Waals surface area (Å²) >= 11 is 0. The zero-order chi connectivity index (χ0) is 7.56. The SMILES string of the molecule is CC(C)C(=O)C1CCN=N1. The largest absolute Gasteiger partial charge is 0.297 e. The quantitative estimate of drug-likeness (QED) is 0.572. The maximum atomic E-state index is 11.2. The molecule has 0 bridgehead atoms. The van der Waals surface area contributed by atoms with E-state index in [0.29, 0.717) is 0 Å². The van der Waals surface area contributed by atoms with Crippen molar-refractivity contribution in [3.8, 4) is 0 Å². The Bertz CT molecular complexity index is 163. The molecule has 1 atom stereocenters. The van der Waals surface area contributed by atoms with Gasteiger partial charge in [-0.15, -0.1) is 0 Å². The first-order chi connectivity index (χ1) is 4.72. The monoisotopic (exact) mass is 140 g/mol. The molecule has 0 spiro atoms. The van der Waals surface area contributed by atoms with Gasteiger partial charge in [0.15, 0.2) is 5.78 Å². The van der Waals surface area contributed by atoms with Gasteiger partial charge in [-0.2, -0.15) is 10.2 Å². The summed E-state index contributed by atoms with van der Waals surface area (Å²) in [4.78, 5) is 11.2. The van der Waals surface area contributed by atoms with Crippen LogP contribution >= 0.6 is 0 Å². The van der Waals surface area contributed by atoms with Crippen molar-refractivity contribution < 1.29 is 4.79 Å². The number of carbonyl (C=O) groups is 1. The highest BCUT2D eigenvalue weighted by atomic mass is 16.1. The van der Waals surface area contributed by atoms with Gasteiger partial charge in [-0.05, 0) is 6.42 Å². The Morgan fingerprint density at radius 3 is 2.70 bits per heavy atom. The van der Waals surface area contributed by atoms with E-state index in [0.717, 1.165) is 13.0 Å². The lowest BCUT2D eigenvalue weighted by Gasteiger charge is -2.05. The molecule has 1 heterocycles. The third kappa shape index (κ3) is 1.40. The first-order valence-electron chi connectivity index (χ1n) is 3.62. The van der Waals surface area contributed by atoms with E-state index in [1.54, 1.807) is 0 Å². The first-order valence-corrected chi connectivity index (χ1v) is 3.62. The maximum Gasteiger partial charge on any atom is 0.161 e. The van der Waals surface area contributed by atoms with Gasteiger partial charge in [0.1, 0.15) is 6.04 Å². The van der Waals surface area contributed by atoms with Crippen molar-refractivity contribution in [2.24, 2.45) is 16.1 Å². The Hall–Kier alpha value is -0.730. The molecule has 1 aliphatic rings. The van der Waals surface area contributed by atoms with Crippen LogP contribution in [-0.2, 0) is 4.79 Å². The summed E-state index contributed by atoms with van der Waals surface area (Å²) in [5.74, 6) is 0.323. The molecule has 0 saturated heterocycles. The standard InChI is InChI=1S/C7H12N2O/c1-5(2)7(10)6-3-4-8-9-6/h5-6H,3-4H2,1-2H3. The van der Waals surface area contributed by atoms with Crippen molar-refractivity contribution in [2.45, 2.75) is 26.3 Å². The van der Waals surface area contributed by atoms with Crippen LogP contribution in [-0.4, -0.2) is 18.4 Å². The average molecular weight is 140 g/mol. The summed E-state index contributed by atoms with van der Waals surface area (Å²) in [6, 6.07) is -0.125. The topological polar surface area (TPSA) is 41.8 Å². The molecule has 0 saturated carbocycles. The van der Waals surface area contributed by atoms with Crippen LogP contribution in [0.1, 0.15) is 20.3 Å². The summed E-state index contributed by atoms with van der Waals surface area (Å²) in [7, 11) is 0. The number of nitrogens with zero attached hydrogens (tertiary/aromatic N) is 2. The number of hydrogen-bond donors (Lipinski definition) is 0. The van der Waals surface area contributed by atoms with E-state index in [9.17, 15) is 4.79 Å². The van der Waals surface area contributed by atoms with Crippen molar-refractivity contribution in [1.82, 2.24) is 0 Å². The Labute approximate surface area is 60.5 Å². The summed E-state index contributed by atoms with van der Waals surface area (Å²) in [5.41, 5.74) is 0. The molecule has 0 radical (unpaired) electrons. The van der Waals surface area contributed by atoms with Crippen LogP contribution in [0, 0.1) is 5.92 Å². The van der Waals surface area contributed by atoms with Crippen LogP contribution in [0.5, 0.6) is 0 Å². The van der Waals surface area contributed by atoms with E-state index < -0.39 is 0 Å². The molecule has 0 N–H and O–H groups in total. The number of ketones is 1. The molecule has 1 rings (SSSR count). The Balaban J connectivity index is 2.49. The zero-order valence-corrected chi connectivity index (χ0v) is 6.37. The Morgan fingerprint density at radius 1 is 1.60 bits per heavy atom. The normalized spacial score (nSPS) is 24.1. The van der Waals surface area contributed by atoms with Crippen LogP contribution in [0.25, 0.3) is 0 Å². The predicted octanol–water partition coefficient (Wildman–Crippen LogP) is 1.44. The summed E-state index contributed by atoms with van der Waals surface area (Å²) in [6.07, 6.45) is 0.816. The minimum Gasteiger partial charge on any atom is -0.297 e. The predicted molar refractivity (Wildman–Crippen MR) is 38.0 cm³/mol. The van der Waals surface area contributed by atoms with Gasteiger partial charge < -0.3 is 0 Å². The lowest BCUT2D eigenvalue weighted by atomic mass is 10.0. The molecule has 3 nitrogen and oxygen atoms in total. The Morgan fingerprint density at radius 2 is 2.30 bits per heavy atom. The molecule has 56 valence electrons. The average Bonchev–Trinajstić information content (AvgIpc) is 2.36. The minimum atomic E-state index is -0.125. The highest BCUT2D eigenvalue weighted by Crippen LogP contribution is 2.12. The number of carbonyl (C=O) groups excluding carboxylic acids is 1. The van der Waals surface area contributed by atoms with E-state index in [2.05, 4.69) is 10.2 Å². The highest BCUT2D eigenvalue weighted by molar-refractivity contribution is 5.85. The summed E-state index contributed by atoms with van der Waals surface area (Å²) in [5, 5.41) is 7.60. The van der Waals surface area contributed by atoms with Crippen LogP contribution in [0.4, 0.5) is 0 Å². The van der Waals surface area contributed by atoms with Gasteiger partial charge in [0.2, 0.25) is 0 Å². The number of hydrogen-bond acceptors (Lipinski definition) is 3. The van der Waals surface area contributed by atoms with Crippen molar-refractivity contribution in [3.63, 3.8) is 0 Å². The first kappa shape index (κ1) is 7.38. The summed E-state index contributed by atoms with van der Waals surface area (Å²) in [6.45, 7) is 4.52. The molecule has 0 aromatic rings. The molecule has 10 heavy (non-hydrogen) atoms. The minimum absolute atomic E-state index is 0.0991. The molecule has 0 aliphatic carbocycles. The maximum absolute atomic E-state index is 11.2. The second-order valence-electron chi connectivity index (χ2n) is 2.84. The second-order valence-corrected chi connectivity index (χ2v) is 2.84. The van der Waals surface area contributed by atoms with Crippen molar-refractivity contribution >= 4 is 5.78 Å². The smallest absolute Gasteiger partial charge is 0.161 e. The molecule has 0 amide bonds. The highest BCUT2D eigenvalue weighted by Gasteiger charge is 2.22. The summed E-state index contributed by atoms with van der Waals surface area (Å²) < 4.78 is 0. The lowest BCUT2D eigenvalue weighted by molar-refractivity contribution is -0.123. The molecule has 1 unspecified atom stereocenters. The van der Waals surface area contributed by atoms with E-state index in [4.69, 9.17) is 0 Å². The van der Waals surface area contributed by atoms with Gasteiger partial charge in [-0.3, -0.25) is 4.79 Å². The fourth-order valence-electron chi connectivity index (χ4n) is 0.978. The van der Waals surface area contributed by atoms with Crippen molar-refractivity contribution in [1.29, 1.82) is 0 Å². The number of azo groups is 1. The van der Waals surface area contributed by atoms with Gasteiger partial charge in [-0.1, -0.05) is 13.8 Å². The van der Waals surface area contributed by atoms with Gasteiger partial charge in [-0.25, -0.2) is 0 Å². The molecular formula is C7H12N2O. The van der Waals surface area contributed by atoms with Gasteiger partial charge in [0, 0.05) is 5.92 Å². The van der Waals surface area contributed by atoms with Crippen LogP contribution in [0.3, 0.4) is 0 Å². The zero-order valence-electron chi connectivity index (χ0n) is 6.37. The lowest BCUT2D eigenvalue weighted by Crippen LogP contribution is -2.21. The van der Waals surface area contributed by atoms with Gasteiger partial charge >= 0.3 is 0 Å². The third-order valence-corrected chi connectivity index (χ3v) is 1.62. The molecule has 1 aliphatic heterocycles. The fraction of sp³-hybridized carbons (Fsp3) is 0.857. The molecule has 3 heteroatoms. The van der Waals surface area contributed by atoms with Crippen LogP contribution < -0.4 is 0 Å². The van der Waals surface area contributed by atoms with Gasteiger partial charge in [0.25, 0.3) is 0 Å². The van der Waals surface area contributed by atoms with E-state index in [1.165, 1.54) is 0 Å². The molecular weight excluding hydrogens is 128 g/mol. The number of Topliss-reactive ketones (excluding diaryl/α,β-unsaturated/α-hetero) is 1. The van der Waals surface area contributed by atoms with E-state index in [-0.39, 0.29) is 17.7 Å². The molecule has 0 aromatic heterocycles. The van der Waals surface area contributed by atoms with E-state index in [1.807, 2.05) is 13.8 Å². The molecule has 0 fully saturated rings. The Kier molecular flexibility index (Phi) is 2.14. The van der Waals surface area contributed by atoms with Gasteiger partial charge in [0.05, 0.1) is 6.54 Å². The second kappa shape index (κ2) is 2.90. The van der Waals surface area contributed by atoms with E-state index >= 15 is 0 Å². The number of rotatable bonds is 2.